The van der Waals surface area contributed by atoms with E-state index in [0.29, 0.717) is 31.5 Å². The first-order valence-electron chi connectivity index (χ1n) is 7.90. The highest BCUT2D eigenvalue weighted by Gasteiger charge is 2.12. The van der Waals surface area contributed by atoms with Gasteiger partial charge in [0, 0.05) is 17.1 Å². The van der Waals surface area contributed by atoms with Gasteiger partial charge in [0.15, 0.2) is 6.61 Å². The third kappa shape index (κ3) is 7.20. The Morgan fingerprint density at radius 3 is 2.21 bits per heavy atom. The monoisotopic (exact) mass is 462 g/mol. The maximum Gasteiger partial charge on any atom is 0.306 e. The first-order chi connectivity index (χ1) is 13.2. The molecule has 0 radical (unpaired) electrons. The summed E-state index contributed by atoms with van der Waals surface area (Å²) in [5, 5.41) is 6.40. The van der Waals surface area contributed by atoms with Crippen LogP contribution in [-0.4, -0.2) is 24.4 Å². The second-order valence-electron chi connectivity index (χ2n) is 5.51. The van der Waals surface area contributed by atoms with Crippen molar-refractivity contribution in [3.8, 4) is 0 Å². The zero-order chi connectivity index (χ0) is 20.7. The number of benzene rings is 2. The Kier molecular flexibility index (Phi) is 8.38. The quantitative estimate of drug-likeness (QED) is 0.552. The van der Waals surface area contributed by atoms with E-state index in [1.54, 1.807) is 18.2 Å². The number of carbonyl (C=O) groups excluding carboxylic acids is 3. The fraction of sp³-hybridized carbons (Fsp3) is 0.167. The summed E-state index contributed by atoms with van der Waals surface area (Å²) in [6.45, 7) is -0.518. The highest BCUT2D eigenvalue weighted by molar-refractivity contribution is 6.42. The molecule has 2 rings (SSSR count). The molecule has 28 heavy (non-hydrogen) atoms. The van der Waals surface area contributed by atoms with Gasteiger partial charge in [-0.3, -0.25) is 14.4 Å². The van der Waals surface area contributed by atoms with Crippen molar-refractivity contribution in [1.82, 2.24) is 0 Å². The topological polar surface area (TPSA) is 84.5 Å². The number of hydrogen-bond acceptors (Lipinski definition) is 4. The van der Waals surface area contributed by atoms with Gasteiger partial charge >= 0.3 is 5.97 Å². The van der Waals surface area contributed by atoms with Crippen molar-refractivity contribution in [2.24, 2.45) is 0 Å². The van der Waals surface area contributed by atoms with Crippen LogP contribution in [0.3, 0.4) is 0 Å². The third-order valence-electron chi connectivity index (χ3n) is 3.33. The molecular weight excluding hydrogens is 450 g/mol. The molecule has 0 atom stereocenters. The smallest absolute Gasteiger partial charge is 0.306 e. The lowest BCUT2D eigenvalue weighted by atomic mass is 10.2. The van der Waals surface area contributed by atoms with Crippen LogP contribution in [0.5, 0.6) is 0 Å². The predicted molar refractivity (Wildman–Crippen MR) is 110 cm³/mol. The van der Waals surface area contributed by atoms with Crippen LogP contribution in [0.4, 0.5) is 11.4 Å². The SMILES string of the molecule is O=C(CCC(=O)OCC(=O)Nc1cc(Cl)ccc1Cl)Nc1ccc(Cl)c(Cl)c1. The Hall–Kier alpha value is -1.99. The Morgan fingerprint density at radius 1 is 0.786 bits per heavy atom. The zero-order valence-corrected chi connectivity index (χ0v) is 17.3. The standard InChI is InChI=1S/C18H14Cl4N2O4/c19-10-1-3-13(21)15(7-10)24-17(26)9-28-18(27)6-5-16(25)23-11-2-4-12(20)14(22)8-11/h1-4,7-8H,5-6,9H2,(H,23,25)(H,24,26). The molecule has 0 bridgehead atoms. The van der Waals surface area contributed by atoms with Crippen LogP contribution in [-0.2, 0) is 19.1 Å². The number of halogens is 4. The van der Waals surface area contributed by atoms with Crippen LogP contribution >= 0.6 is 46.4 Å². The fourth-order valence-corrected chi connectivity index (χ4v) is 2.65. The van der Waals surface area contributed by atoms with Crippen molar-refractivity contribution < 1.29 is 19.1 Å². The van der Waals surface area contributed by atoms with Crippen molar-refractivity contribution >= 4 is 75.6 Å². The molecule has 0 aliphatic rings. The van der Waals surface area contributed by atoms with Crippen molar-refractivity contribution in [3.05, 3.63) is 56.5 Å². The molecule has 2 aromatic carbocycles. The molecule has 0 heterocycles. The van der Waals surface area contributed by atoms with E-state index in [1.807, 2.05) is 0 Å². The van der Waals surface area contributed by atoms with Gasteiger partial charge in [0.2, 0.25) is 5.91 Å². The van der Waals surface area contributed by atoms with Crippen molar-refractivity contribution in [3.63, 3.8) is 0 Å². The molecule has 10 heteroatoms. The van der Waals surface area contributed by atoms with Crippen molar-refractivity contribution in [1.29, 1.82) is 0 Å². The molecule has 2 amide bonds. The summed E-state index contributed by atoms with van der Waals surface area (Å²) in [5.41, 5.74) is 0.752. The Morgan fingerprint density at radius 2 is 1.50 bits per heavy atom. The minimum Gasteiger partial charge on any atom is -0.456 e. The van der Waals surface area contributed by atoms with E-state index >= 15 is 0 Å². The lowest BCUT2D eigenvalue weighted by molar-refractivity contribution is -0.147. The second kappa shape index (κ2) is 10.5. The molecule has 0 unspecified atom stereocenters. The molecule has 0 saturated carbocycles. The molecule has 0 saturated heterocycles. The molecule has 0 aliphatic carbocycles. The normalized spacial score (nSPS) is 10.3. The summed E-state index contributed by atoms with van der Waals surface area (Å²) in [7, 11) is 0. The first kappa shape index (κ1) is 22.3. The van der Waals surface area contributed by atoms with E-state index in [9.17, 15) is 14.4 Å². The van der Waals surface area contributed by atoms with Crippen LogP contribution in [0.25, 0.3) is 0 Å². The molecule has 0 aliphatic heterocycles. The van der Waals surface area contributed by atoms with Crippen LogP contribution < -0.4 is 10.6 Å². The number of hydrogen-bond donors (Lipinski definition) is 2. The van der Waals surface area contributed by atoms with Gasteiger partial charge in [0.1, 0.15) is 0 Å². The molecule has 0 aromatic heterocycles. The van der Waals surface area contributed by atoms with E-state index in [4.69, 9.17) is 51.1 Å². The van der Waals surface area contributed by atoms with Gasteiger partial charge in [-0.2, -0.15) is 0 Å². The molecular formula is C18H14Cl4N2O4. The third-order valence-corrected chi connectivity index (χ3v) is 4.63. The molecule has 148 valence electrons. The average molecular weight is 464 g/mol. The zero-order valence-electron chi connectivity index (χ0n) is 14.2. The van der Waals surface area contributed by atoms with Gasteiger partial charge in [-0.1, -0.05) is 46.4 Å². The Balaban J connectivity index is 1.73. The molecule has 2 N–H and O–H groups in total. The van der Waals surface area contributed by atoms with E-state index < -0.39 is 24.4 Å². The summed E-state index contributed by atoms with van der Waals surface area (Å²) in [5.74, 6) is -1.69. The maximum absolute atomic E-state index is 11.9. The number of amides is 2. The highest BCUT2D eigenvalue weighted by Crippen LogP contribution is 2.26. The van der Waals surface area contributed by atoms with Gasteiger partial charge in [0.25, 0.3) is 5.91 Å². The number of rotatable bonds is 7. The predicted octanol–water partition coefficient (Wildman–Crippen LogP) is 5.20. The van der Waals surface area contributed by atoms with E-state index in [-0.39, 0.29) is 12.8 Å². The average Bonchev–Trinajstić information content (AvgIpc) is 2.64. The summed E-state index contributed by atoms with van der Waals surface area (Å²) in [6, 6.07) is 9.18. The van der Waals surface area contributed by atoms with Gasteiger partial charge in [-0.05, 0) is 36.4 Å². The minimum absolute atomic E-state index is 0.124. The highest BCUT2D eigenvalue weighted by atomic mass is 35.5. The molecule has 2 aromatic rings. The Bertz CT molecular complexity index is 905. The lowest BCUT2D eigenvalue weighted by Crippen LogP contribution is -2.22. The van der Waals surface area contributed by atoms with Crippen molar-refractivity contribution in [2.75, 3.05) is 17.2 Å². The van der Waals surface area contributed by atoms with E-state index in [1.165, 1.54) is 18.2 Å². The molecule has 0 spiro atoms. The first-order valence-corrected chi connectivity index (χ1v) is 9.41. The minimum atomic E-state index is -0.698. The lowest BCUT2D eigenvalue weighted by Gasteiger charge is -2.09. The number of ether oxygens (including phenoxy) is 1. The van der Waals surface area contributed by atoms with Gasteiger partial charge in [-0.15, -0.1) is 0 Å². The van der Waals surface area contributed by atoms with Crippen LogP contribution in [0.15, 0.2) is 36.4 Å². The number of carbonyl (C=O) groups is 3. The Labute approximate surface area is 181 Å². The summed E-state index contributed by atoms with van der Waals surface area (Å²) >= 11 is 23.4. The fourth-order valence-electron chi connectivity index (χ4n) is 2.01. The molecule has 6 nitrogen and oxygen atoms in total. The van der Waals surface area contributed by atoms with Gasteiger partial charge in [-0.25, -0.2) is 0 Å². The van der Waals surface area contributed by atoms with Gasteiger partial charge < -0.3 is 15.4 Å². The number of anilines is 2. The summed E-state index contributed by atoms with van der Waals surface area (Å²) in [4.78, 5) is 35.4. The number of esters is 1. The largest absolute Gasteiger partial charge is 0.456 e. The number of nitrogens with one attached hydrogen (secondary N) is 2. The van der Waals surface area contributed by atoms with Crippen LogP contribution in [0, 0.1) is 0 Å². The van der Waals surface area contributed by atoms with Crippen LogP contribution in [0.1, 0.15) is 12.8 Å². The van der Waals surface area contributed by atoms with Gasteiger partial charge in [0.05, 0.1) is 27.2 Å². The van der Waals surface area contributed by atoms with E-state index in [0.717, 1.165) is 0 Å². The second-order valence-corrected chi connectivity index (χ2v) is 7.17. The summed E-state index contributed by atoms with van der Waals surface area (Å²) in [6.07, 6.45) is -0.320. The van der Waals surface area contributed by atoms with E-state index in [2.05, 4.69) is 10.6 Å². The summed E-state index contributed by atoms with van der Waals surface area (Å²) < 4.78 is 4.84. The molecule has 0 fully saturated rings. The van der Waals surface area contributed by atoms with Crippen molar-refractivity contribution in [2.45, 2.75) is 12.8 Å². The van der Waals surface area contributed by atoms with Crippen LogP contribution in [0.2, 0.25) is 20.1 Å². The maximum atomic E-state index is 11.9.